The first-order chi connectivity index (χ1) is 5.83. The summed E-state index contributed by atoms with van der Waals surface area (Å²) in [6.07, 6.45) is 5.21. The lowest BCUT2D eigenvalue weighted by Gasteiger charge is -2.01. The zero-order chi connectivity index (χ0) is 8.55. The number of hydrogen-bond acceptors (Lipinski definition) is 1. The van der Waals surface area contributed by atoms with Crippen molar-refractivity contribution in [2.75, 3.05) is 5.33 Å². The third-order valence-electron chi connectivity index (χ3n) is 2.60. The van der Waals surface area contributed by atoms with Crippen LogP contribution >= 0.6 is 15.9 Å². The molecule has 0 amide bonds. The van der Waals surface area contributed by atoms with Crippen LogP contribution in [0.15, 0.2) is 18.5 Å². The Balaban J connectivity index is 2.19. The summed E-state index contributed by atoms with van der Waals surface area (Å²) >= 11 is 3.52. The molecule has 2 heteroatoms. The normalized spacial score (nSPS) is 27.2. The van der Waals surface area contributed by atoms with E-state index in [1.807, 2.05) is 12.4 Å². The van der Waals surface area contributed by atoms with Crippen molar-refractivity contribution >= 4 is 15.9 Å². The lowest BCUT2D eigenvalue weighted by molar-refractivity contribution is 0.921. The van der Waals surface area contributed by atoms with Crippen molar-refractivity contribution in [2.24, 2.45) is 5.92 Å². The van der Waals surface area contributed by atoms with E-state index in [1.54, 1.807) is 0 Å². The molecule has 2 rings (SSSR count). The van der Waals surface area contributed by atoms with Crippen molar-refractivity contribution in [1.29, 1.82) is 0 Å². The highest BCUT2D eigenvalue weighted by molar-refractivity contribution is 9.09. The second-order valence-corrected chi connectivity index (χ2v) is 4.14. The van der Waals surface area contributed by atoms with Gasteiger partial charge in [-0.3, -0.25) is 4.98 Å². The maximum Gasteiger partial charge on any atom is 0.0305 e. The van der Waals surface area contributed by atoms with E-state index < -0.39 is 0 Å². The summed E-state index contributed by atoms with van der Waals surface area (Å²) in [6, 6.07) is 2.10. The zero-order valence-electron chi connectivity index (χ0n) is 7.13. The van der Waals surface area contributed by atoms with E-state index in [2.05, 4.69) is 33.9 Å². The van der Waals surface area contributed by atoms with Crippen LogP contribution in [0.2, 0.25) is 0 Å². The molecule has 64 valence electrons. The number of aromatic nitrogens is 1. The van der Waals surface area contributed by atoms with E-state index in [0.29, 0.717) is 0 Å². The van der Waals surface area contributed by atoms with Crippen molar-refractivity contribution in [3.05, 3.63) is 29.6 Å². The summed E-state index contributed by atoms with van der Waals surface area (Å²) in [5.74, 6) is 1.63. The number of pyridine rings is 1. The lowest BCUT2D eigenvalue weighted by atomic mass is 10.1. The van der Waals surface area contributed by atoms with E-state index in [1.165, 1.54) is 17.5 Å². The summed E-state index contributed by atoms with van der Waals surface area (Å²) < 4.78 is 0. The van der Waals surface area contributed by atoms with Gasteiger partial charge in [0.05, 0.1) is 0 Å². The second-order valence-electron chi connectivity index (χ2n) is 3.49. The SMILES string of the molecule is Cc1ccncc1C1CC1CBr. The van der Waals surface area contributed by atoms with Gasteiger partial charge in [-0.05, 0) is 42.4 Å². The Labute approximate surface area is 81.3 Å². The first-order valence-electron chi connectivity index (χ1n) is 4.29. The molecule has 0 radical (unpaired) electrons. The Kier molecular flexibility index (Phi) is 2.18. The molecule has 0 saturated heterocycles. The maximum atomic E-state index is 4.16. The van der Waals surface area contributed by atoms with Crippen LogP contribution in [0.25, 0.3) is 0 Å². The predicted molar refractivity (Wildman–Crippen MR) is 53.6 cm³/mol. The molecule has 1 aromatic heterocycles. The molecule has 1 aliphatic rings. The van der Waals surface area contributed by atoms with Gasteiger partial charge in [-0.2, -0.15) is 0 Å². The van der Waals surface area contributed by atoms with Gasteiger partial charge in [0.25, 0.3) is 0 Å². The van der Waals surface area contributed by atoms with Gasteiger partial charge < -0.3 is 0 Å². The third-order valence-corrected chi connectivity index (χ3v) is 3.43. The summed E-state index contributed by atoms with van der Waals surface area (Å²) in [5.41, 5.74) is 2.83. The molecular weight excluding hydrogens is 214 g/mol. The van der Waals surface area contributed by atoms with Crippen LogP contribution in [0, 0.1) is 12.8 Å². The molecule has 2 unspecified atom stereocenters. The van der Waals surface area contributed by atoms with Gasteiger partial charge in [-0.15, -0.1) is 0 Å². The molecule has 0 N–H and O–H groups in total. The Bertz CT molecular complexity index is 285. The summed E-state index contributed by atoms with van der Waals surface area (Å²) in [4.78, 5) is 4.16. The molecule has 1 saturated carbocycles. The highest BCUT2D eigenvalue weighted by Crippen LogP contribution is 2.48. The van der Waals surface area contributed by atoms with Crippen molar-refractivity contribution in [3.8, 4) is 0 Å². The van der Waals surface area contributed by atoms with Gasteiger partial charge in [0.15, 0.2) is 0 Å². The van der Waals surface area contributed by atoms with Crippen LogP contribution in [-0.4, -0.2) is 10.3 Å². The molecular formula is C10H12BrN. The monoisotopic (exact) mass is 225 g/mol. The molecule has 0 aromatic carbocycles. The van der Waals surface area contributed by atoms with Gasteiger partial charge in [-0.1, -0.05) is 15.9 Å². The Morgan fingerprint density at radius 3 is 3.08 bits per heavy atom. The Hall–Kier alpha value is -0.370. The molecule has 1 fully saturated rings. The molecule has 12 heavy (non-hydrogen) atoms. The fraction of sp³-hybridized carbons (Fsp3) is 0.500. The number of rotatable bonds is 2. The zero-order valence-corrected chi connectivity index (χ0v) is 8.71. The number of halogens is 1. The van der Waals surface area contributed by atoms with E-state index in [4.69, 9.17) is 0 Å². The summed E-state index contributed by atoms with van der Waals surface area (Å²) in [5, 5.41) is 1.13. The van der Waals surface area contributed by atoms with E-state index in [-0.39, 0.29) is 0 Å². The maximum absolute atomic E-state index is 4.16. The predicted octanol–water partition coefficient (Wildman–Crippen LogP) is 2.89. The van der Waals surface area contributed by atoms with Crippen LogP contribution in [0.3, 0.4) is 0 Å². The van der Waals surface area contributed by atoms with Crippen molar-refractivity contribution < 1.29 is 0 Å². The van der Waals surface area contributed by atoms with Gasteiger partial charge in [0.1, 0.15) is 0 Å². The minimum Gasteiger partial charge on any atom is -0.264 e. The van der Waals surface area contributed by atoms with Crippen LogP contribution in [-0.2, 0) is 0 Å². The Morgan fingerprint density at radius 1 is 1.67 bits per heavy atom. The molecule has 1 aromatic rings. The smallest absolute Gasteiger partial charge is 0.0305 e. The topological polar surface area (TPSA) is 12.9 Å². The van der Waals surface area contributed by atoms with Crippen molar-refractivity contribution in [1.82, 2.24) is 4.98 Å². The third kappa shape index (κ3) is 1.40. The molecule has 1 heterocycles. The van der Waals surface area contributed by atoms with E-state index in [0.717, 1.165) is 17.2 Å². The number of alkyl halides is 1. The molecule has 1 aliphatic carbocycles. The van der Waals surface area contributed by atoms with Crippen LogP contribution < -0.4 is 0 Å². The largest absolute Gasteiger partial charge is 0.264 e. The van der Waals surface area contributed by atoms with Crippen LogP contribution in [0.4, 0.5) is 0 Å². The fourth-order valence-electron chi connectivity index (χ4n) is 1.66. The molecule has 1 nitrogen and oxygen atoms in total. The molecule has 0 aliphatic heterocycles. The quantitative estimate of drug-likeness (QED) is 0.706. The lowest BCUT2D eigenvalue weighted by Crippen LogP contribution is -1.89. The molecule has 0 bridgehead atoms. The van der Waals surface area contributed by atoms with Gasteiger partial charge in [-0.25, -0.2) is 0 Å². The van der Waals surface area contributed by atoms with Gasteiger partial charge >= 0.3 is 0 Å². The minimum absolute atomic E-state index is 0.776. The average Bonchev–Trinajstić information content (AvgIpc) is 2.84. The first kappa shape index (κ1) is 8.24. The van der Waals surface area contributed by atoms with E-state index >= 15 is 0 Å². The van der Waals surface area contributed by atoms with Gasteiger partial charge in [0.2, 0.25) is 0 Å². The van der Waals surface area contributed by atoms with Crippen LogP contribution in [0.1, 0.15) is 23.5 Å². The molecule has 0 spiro atoms. The second kappa shape index (κ2) is 3.17. The number of aryl methyl sites for hydroxylation is 1. The number of nitrogens with zero attached hydrogens (tertiary/aromatic N) is 1. The molecule has 2 atom stereocenters. The van der Waals surface area contributed by atoms with Crippen molar-refractivity contribution in [3.63, 3.8) is 0 Å². The highest BCUT2D eigenvalue weighted by Gasteiger charge is 2.37. The average molecular weight is 226 g/mol. The van der Waals surface area contributed by atoms with Crippen LogP contribution in [0.5, 0.6) is 0 Å². The van der Waals surface area contributed by atoms with E-state index in [9.17, 15) is 0 Å². The minimum atomic E-state index is 0.776. The fourth-order valence-corrected chi connectivity index (χ4v) is 2.38. The van der Waals surface area contributed by atoms with Crippen molar-refractivity contribution in [2.45, 2.75) is 19.3 Å². The highest BCUT2D eigenvalue weighted by atomic mass is 79.9. The summed E-state index contributed by atoms with van der Waals surface area (Å²) in [7, 11) is 0. The first-order valence-corrected chi connectivity index (χ1v) is 5.41. The summed E-state index contributed by atoms with van der Waals surface area (Å²) in [6.45, 7) is 2.17. The Morgan fingerprint density at radius 2 is 2.50 bits per heavy atom. The standard InChI is InChI=1S/C10H12BrN/c1-7-2-3-12-6-10(7)9-4-8(9)5-11/h2-3,6,8-9H,4-5H2,1H3. The number of hydrogen-bond donors (Lipinski definition) is 0. The van der Waals surface area contributed by atoms with Gasteiger partial charge in [0, 0.05) is 17.7 Å².